The Hall–Kier alpha value is -3.96. The van der Waals surface area contributed by atoms with E-state index in [9.17, 15) is 9.59 Å². The van der Waals surface area contributed by atoms with Crippen LogP contribution in [0.1, 0.15) is 45.7 Å². The van der Waals surface area contributed by atoms with E-state index >= 15 is 0 Å². The molecule has 0 spiro atoms. The number of urea groups is 1. The van der Waals surface area contributed by atoms with E-state index in [1.807, 2.05) is 53.7 Å². The molecule has 2 aliphatic rings. The molecule has 3 amide bonds. The molecule has 3 aromatic heterocycles. The maximum Gasteiger partial charge on any atom is 0.410 e. The number of hydrogen-bond acceptors (Lipinski definition) is 8. The molecule has 0 unspecified atom stereocenters. The van der Waals surface area contributed by atoms with Crippen molar-refractivity contribution in [3.05, 3.63) is 35.7 Å². The summed E-state index contributed by atoms with van der Waals surface area (Å²) in [4.78, 5) is 36.4. The Bertz CT molecular complexity index is 1360. The third kappa shape index (κ3) is 4.75. The highest BCUT2D eigenvalue weighted by molar-refractivity contribution is 6.03. The van der Waals surface area contributed by atoms with Crippen molar-refractivity contribution < 1.29 is 14.3 Å². The zero-order valence-corrected chi connectivity index (χ0v) is 22.1. The van der Waals surface area contributed by atoms with Crippen molar-refractivity contribution >= 4 is 35.0 Å². The predicted octanol–water partition coefficient (Wildman–Crippen LogP) is 3.26. The molecular formula is C25H33N9O3. The van der Waals surface area contributed by atoms with Gasteiger partial charge in [-0.1, -0.05) is 0 Å². The second-order valence-corrected chi connectivity index (χ2v) is 11.2. The molecular weight excluding hydrogens is 474 g/mol. The standard InChI is InChI=1S/C25H33N9O3/c1-16-13-20-28-29-30-34(20)14-18(16)27-22(35)32-10-8-17-19(7-9-26-21(17)32)31-11-12-33(25(5,6)15-31)23(36)37-24(2,3)4/h7,9,13-14H,8,10-12,15H2,1-6H3,(H,27,35). The van der Waals surface area contributed by atoms with E-state index in [2.05, 4.69) is 30.7 Å². The van der Waals surface area contributed by atoms with E-state index in [1.165, 1.54) is 4.52 Å². The number of hydrogen-bond donors (Lipinski definition) is 1. The van der Waals surface area contributed by atoms with Gasteiger partial charge in [-0.15, -0.1) is 5.10 Å². The second-order valence-electron chi connectivity index (χ2n) is 11.2. The first kappa shape index (κ1) is 24.7. The topological polar surface area (TPSA) is 121 Å². The molecule has 0 radical (unpaired) electrons. The van der Waals surface area contributed by atoms with Gasteiger partial charge in [0, 0.05) is 43.6 Å². The van der Waals surface area contributed by atoms with E-state index < -0.39 is 11.1 Å². The summed E-state index contributed by atoms with van der Waals surface area (Å²) in [7, 11) is 0. The van der Waals surface area contributed by atoms with Gasteiger partial charge in [0.1, 0.15) is 11.4 Å². The minimum Gasteiger partial charge on any atom is -0.444 e. The summed E-state index contributed by atoms with van der Waals surface area (Å²) >= 11 is 0. The summed E-state index contributed by atoms with van der Waals surface area (Å²) < 4.78 is 7.16. The summed E-state index contributed by atoms with van der Waals surface area (Å²) in [6, 6.07) is 3.56. The van der Waals surface area contributed by atoms with Gasteiger partial charge in [-0.2, -0.15) is 4.52 Å². The van der Waals surface area contributed by atoms with Gasteiger partial charge < -0.3 is 15.0 Å². The molecule has 37 heavy (non-hydrogen) atoms. The van der Waals surface area contributed by atoms with Gasteiger partial charge >= 0.3 is 12.1 Å². The van der Waals surface area contributed by atoms with Crippen LogP contribution in [0.25, 0.3) is 5.65 Å². The maximum absolute atomic E-state index is 13.3. The monoisotopic (exact) mass is 507 g/mol. The minimum atomic E-state index is -0.545. The molecule has 0 aromatic carbocycles. The number of nitrogens with one attached hydrogen (secondary N) is 1. The Balaban J connectivity index is 1.33. The van der Waals surface area contributed by atoms with Crippen molar-refractivity contribution in [2.24, 2.45) is 0 Å². The van der Waals surface area contributed by atoms with Gasteiger partial charge in [-0.3, -0.25) is 9.80 Å². The summed E-state index contributed by atoms with van der Waals surface area (Å²) in [5.41, 5.74) is 3.21. The lowest BCUT2D eigenvalue weighted by atomic mass is 9.98. The van der Waals surface area contributed by atoms with Crippen molar-refractivity contribution in [1.29, 1.82) is 0 Å². The third-order valence-electron chi connectivity index (χ3n) is 6.73. The highest BCUT2D eigenvalue weighted by Gasteiger charge is 2.40. The Kier molecular flexibility index (Phi) is 5.92. The lowest BCUT2D eigenvalue weighted by Gasteiger charge is -2.48. The molecule has 12 heteroatoms. The number of rotatable bonds is 2. The van der Waals surface area contributed by atoms with Crippen molar-refractivity contribution in [3.63, 3.8) is 0 Å². The van der Waals surface area contributed by atoms with Crippen molar-refractivity contribution in [1.82, 2.24) is 29.9 Å². The van der Waals surface area contributed by atoms with Crippen LogP contribution in [-0.2, 0) is 11.2 Å². The number of amides is 3. The van der Waals surface area contributed by atoms with Crippen LogP contribution in [0.4, 0.5) is 26.8 Å². The van der Waals surface area contributed by atoms with Crippen LogP contribution in [0.3, 0.4) is 0 Å². The molecule has 196 valence electrons. The van der Waals surface area contributed by atoms with Gasteiger partial charge in [0.15, 0.2) is 5.65 Å². The number of fused-ring (bicyclic) bond motifs is 2. The van der Waals surface area contributed by atoms with Gasteiger partial charge in [0.2, 0.25) is 0 Å². The van der Waals surface area contributed by atoms with Crippen LogP contribution in [0.2, 0.25) is 0 Å². The van der Waals surface area contributed by atoms with E-state index in [1.54, 1.807) is 22.2 Å². The smallest absolute Gasteiger partial charge is 0.410 e. The van der Waals surface area contributed by atoms with Gasteiger partial charge in [-0.25, -0.2) is 14.6 Å². The highest BCUT2D eigenvalue weighted by atomic mass is 16.6. The van der Waals surface area contributed by atoms with Crippen LogP contribution < -0.4 is 15.1 Å². The van der Waals surface area contributed by atoms with Crippen LogP contribution in [0, 0.1) is 6.92 Å². The fraction of sp³-hybridized carbons (Fsp3) is 0.520. The number of aromatic nitrogens is 5. The number of nitrogens with zero attached hydrogens (tertiary/aromatic N) is 8. The molecule has 1 N–H and O–H groups in total. The Labute approximate surface area is 215 Å². The zero-order chi connectivity index (χ0) is 26.5. The fourth-order valence-corrected chi connectivity index (χ4v) is 4.98. The average Bonchev–Trinajstić information content (AvgIpc) is 3.43. The number of tetrazole rings is 1. The van der Waals surface area contributed by atoms with E-state index in [0.29, 0.717) is 49.8 Å². The summed E-state index contributed by atoms with van der Waals surface area (Å²) in [6.07, 6.45) is 3.85. The number of piperazine rings is 1. The second kappa shape index (κ2) is 8.86. The largest absolute Gasteiger partial charge is 0.444 e. The first-order chi connectivity index (χ1) is 17.4. The molecule has 5 heterocycles. The Morgan fingerprint density at radius 1 is 1.16 bits per heavy atom. The van der Waals surface area contributed by atoms with E-state index in [-0.39, 0.29) is 12.1 Å². The van der Waals surface area contributed by atoms with Crippen molar-refractivity contribution in [2.45, 2.75) is 59.1 Å². The fourth-order valence-electron chi connectivity index (χ4n) is 4.98. The lowest BCUT2D eigenvalue weighted by Crippen LogP contribution is -2.62. The molecule has 0 saturated carbocycles. The molecule has 0 bridgehead atoms. The van der Waals surface area contributed by atoms with Crippen LogP contribution in [0.5, 0.6) is 0 Å². The van der Waals surface area contributed by atoms with Gasteiger partial charge in [0.05, 0.1) is 17.4 Å². The first-order valence-electron chi connectivity index (χ1n) is 12.4. The number of pyridine rings is 2. The molecule has 3 aromatic rings. The van der Waals surface area contributed by atoms with Crippen LogP contribution in [0.15, 0.2) is 24.5 Å². The van der Waals surface area contributed by atoms with Gasteiger partial charge in [-0.05, 0) is 76.1 Å². The highest BCUT2D eigenvalue weighted by Crippen LogP contribution is 2.36. The SMILES string of the molecule is Cc1cc2nnnn2cc1NC(=O)N1CCc2c(N3CCN(C(=O)OC(C)(C)C)C(C)(C)C3)ccnc21. The van der Waals surface area contributed by atoms with Gasteiger partial charge in [0.25, 0.3) is 0 Å². The van der Waals surface area contributed by atoms with Crippen LogP contribution >= 0.6 is 0 Å². The molecule has 1 fully saturated rings. The molecule has 2 aliphatic heterocycles. The van der Waals surface area contributed by atoms with E-state index in [4.69, 9.17) is 4.74 Å². The number of anilines is 3. The number of aryl methyl sites for hydroxylation is 1. The van der Waals surface area contributed by atoms with E-state index in [0.717, 1.165) is 16.8 Å². The molecule has 1 saturated heterocycles. The van der Waals surface area contributed by atoms with Crippen LogP contribution in [-0.4, -0.2) is 79.4 Å². The van der Waals surface area contributed by atoms with Crippen molar-refractivity contribution in [2.75, 3.05) is 41.3 Å². The minimum absolute atomic E-state index is 0.256. The third-order valence-corrected chi connectivity index (χ3v) is 6.73. The summed E-state index contributed by atoms with van der Waals surface area (Å²) in [5, 5.41) is 14.5. The number of carbonyl (C=O) groups excluding carboxylic acids is 2. The summed E-state index contributed by atoms with van der Waals surface area (Å²) in [5.74, 6) is 0.656. The predicted molar refractivity (Wildman–Crippen MR) is 139 cm³/mol. The molecule has 12 nitrogen and oxygen atoms in total. The first-order valence-corrected chi connectivity index (χ1v) is 12.4. The molecule has 0 atom stereocenters. The Morgan fingerprint density at radius 2 is 1.95 bits per heavy atom. The van der Waals surface area contributed by atoms with Crippen molar-refractivity contribution in [3.8, 4) is 0 Å². The zero-order valence-electron chi connectivity index (χ0n) is 22.1. The number of ether oxygens (including phenoxy) is 1. The molecule has 0 aliphatic carbocycles. The summed E-state index contributed by atoms with van der Waals surface area (Å²) in [6.45, 7) is 14.0. The quantitative estimate of drug-likeness (QED) is 0.561. The normalized spacial score (nSPS) is 17.2. The maximum atomic E-state index is 13.3. The Morgan fingerprint density at radius 3 is 2.68 bits per heavy atom. The molecule has 5 rings (SSSR count). The average molecular weight is 508 g/mol. The lowest BCUT2D eigenvalue weighted by molar-refractivity contribution is 0.000364. The number of carbonyl (C=O) groups is 2.